The van der Waals surface area contributed by atoms with E-state index in [1.807, 2.05) is 54.6 Å². The van der Waals surface area contributed by atoms with Gasteiger partial charge in [0.05, 0.1) is 12.1 Å². The monoisotopic (exact) mass is 271 g/mol. The number of rotatable bonds is 6. The summed E-state index contributed by atoms with van der Waals surface area (Å²) in [7, 11) is 0. The summed E-state index contributed by atoms with van der Waals surface area (Å²) in [5.41, 5.74) is 7.50. The normalized spacial score (nSPS) is 13.8. The molecule has 3 heteroatoms. The molecule has 20 heavy (non-hydrogen) atoms. The molecule has 0 bridgehead atoms. The van der Waals surface area contributed by atoms with Crippen molar-refractivity contribution in [1.29, 1.82) is 0 Å². The van der Waals surface area contributed by atoms with Crippen molar-refractivity contribution in [2.75, 3.05) is 13.2 Å². The average Bonchev–Trinajstić information content (AvgIpc) is 2.54. The third kappa shape index (κ3) is 3.38. The van der Waals surface area contributed by atoms with Crippen LogP contribution in [0.5, 0.6) is 5.75 Å². The zero-order valence-corrected chi connectivity index (χ0v) is 11.8. The van der Waals surface area contributed by atoms with Crippen molar-refractivity contribution in [1.82, 2.24) is 0 Å². The summed E-state index contributed by atoms with van der Waals surface area (Å²) in [6.45, 7) is 2.19. The third-order valence-corrected chi connectivity index (χ3v) is 3.46. The first-order valence-electron chi connectivity index (χ1n) is 6.85. The summed E-state index contributed by atoms with van der Waals surface area (Å²) in [6.07, 6.45) is 1.00. The van der Waals surface area contributed by atoms with Gasteiger partial charge in [-0.25, -0.2) is 0 Å². The Morgan fingerprint density at radius 3 is 2.25 bits per heavy atom. The number of aryl methyl sites for hydroxylation is 1. The number of ether oxygens (including phenoxy) is 1. The van der Waals surface area contributed by atoms with Crippen molar-refractivity contribution in [3.05, 3.63) is 65.7 Å². The highest BCUT2D eigenvalue weighted by atomic mass is 16.5. The molecule has 3 N–H and O–H groups in total. The van der Waals surface area contributed by atoms with Crippen LogP contribution in [0, 0.1) is 0 Å². The largest absolute Gasteiger partial charge is 0.491 e. The fourth-order valence-corrected chi connectivity index (χ4v) is 2.02. The van der Waals surface area contributed by atoms with Crippen molar-refractivity contribution in [3.8, 4) is 5.75 Å². The van der Waals surface area contributed by atoms with Gasteiger partial charge in [0, 0.05) is 0 Å². The average molecular weight is 271 g/mol. The van der Waals surface area contributed by atoms with Gasteiger partial charge in [-0.3, -0.25) is 0 Å². The van der Waals surface area contributed by atoms with E-state index in [9.17, 15) is 5.11 Å². The second-order valence-electron chi connectivity index (χ2n) is 4.97. The fourth-order valence-electron chi connectivity index (χ4n) is 2.02. The molecule has 0 radical (unpaired) electrons. The number of aliphatic hydroxyl groups excluding tert-OH is 1. The van der Waals surface area contributed by atoms with Crippen LogP contribution in [0.4, 0.5) is 0 Å². The lowest BCUT2D eigenvalue weighted by Gasteiger charge is -2.27. The van der Waals surface area contributed by atoms with Gasteiger partial charge in [0.1, 0.15) is 12.4 Å². The molecule has 106 valence electrons. The Kier molecular flexibility index (Phi) is 4.77. The molecule has 2 aromatic rings. The predicted molar refractivity (Wildman–Crippen MR) is 80.7 cm³/mol. The minimum absolute atomic E-state index is 0.163. The van der Waals surface area contributed by atoms with E-state index in [1.54, 1.807) is 0 Å². The molecule has 0 saturated heterocycles. The Labute approximate surface area is 120 Å². The first kappa shape index (κ1) is 14.6. The van der Waals surface area contributed by atoms with Crippen molar-refractivity contribution < 1.29 is 9.84 Å². The Morgan fingerprint density at radius 1 is 1.05 bits per heavy atom. The molecule has 0 amide bonds. The molecule has 0 heterocycles. The zero-order valence-electron chi connectivity index (χ0n) is 11.8. The second kappa shape index (κ2) is 6.55. The number of benzene rings is 2. The van der Waals surface area contributed by atoms with Crippen molar-refractivity contribution in [2.24, 2.45) is 5.73 Å². The molecule has 3 nitrogen and oxygen atoms in total. The highest BCUT2D eigenvalue weighted by molar-refractivity contribution is 5.28. The van der Waals surface area contributed by atoms with Crippen LogP contribution in [-0.2, 0) is 12.0 Å². The summed E-state index contributed by atoms with van der Waals surface area (Å²) in [5, 5.41) is 9.59. The minimum atomic E-state index is -0.884. The highest BCUT2D eigenvalue weighted by Gasteiger charge is 2.27. The van der Waals surface area contributed by atoms with Crippen molar-refractivity contribution >= 4 is 0 Å². The molecule has 0 fully saturated rings. The standard InChI is InChI=1S/C17H21NO2/c1-2-14-8-10-16(11-9-14)20-13-17(18,12-19)15-6-4-3-5-7-15/h3-11,19H,2,12-13,18H2,1H3. The first-order valence-corrected chi connectivity index (χ1v) is 6.85. The van der Waals surface area contributed by atoms with Crippen molar-refractivity contribution in [2.45, 2.75) is 18.9 Å². The maximum absolute atomic E-state index is 9.59. The summed E-state index contributed by atoms with van der Waals surface area (Å²) < 4.78 is 5.73. The van der Waals surface area contributed by atoms with Gasteiger partial charge in [-0.1, -0.05) is 49.4 Å². The van der Waals surface area contributed by atoms with E-state index in [-0.39, 0.29) is 13.2 Å². The lowest BCUT2D eigenvalue weighted by molar-refractivity contribution is 0.133. The molecule has 0 aliphatic carbocycles. The van der Waals surface area contributed by atoms with E-state index in [1.165, 1.54) is 5.56 Å². The van der Waals surface area contributed by atoms with Gasteiger partial charge in [0.25, 0.3) is 0 Å². The first-order chi connectivity index (χ1) is 9.68. The zero-order chi connectivity index (χ0) is 14.4. The van der Waals surface area contributed by atoms with Gasteiger partial charge >= 0.3 is 0 Å². The fraction of sp³-hybridized carbons (Fsp3) is 0.294. The van der Waals surface area contributed by atoms with Gasteiger partial charge in [-0.15, -0.1) is 0 Å². The molecule has 0 aliphatic heterocycles. The van der Waals surface area contributed by atoms with Crippen LogP contribution in [0.1, 0.15) is 18.1 Å². The quantitative estimate of drug-likeness (QED) is 0.848. The minimum Gasteiger partial charge on any atom is -0.491 e. The molecule has 0 spiro atoms. The molecule has 1 unspecified atom stereocenters. The van der Waals surface area contributed by atoms with Gasteiger partial charge in [-0.05, 0) is 29.7 Å². The highest BCUT2D eigenvalue weighted by Crippen LogP contribution is 2.20. The Balaban J connectivity index is 2.06. The lowest BCUT2D eigenvalue weighted by Crippen LogP contribution is -2.46. The van der Waals surface area contributed by atoms with Crippen LogP contribution < -0.4 is 10.5 Å². The molecule has 0 aromatic heterocycles. The lowest BCUT2D eigenvalue weighted by atomic mass is 9.93. The molecule has 0 saturated carbocycles. The molecular weight excluding hydrogens is 250 g/mol. The van der Waals surface area contributed by atoms with E-state index in [0.29, 0.717) is 0 Å². The molecule has 2 rings (SSSR count). The second-order valence-corrected chi connectivity index (χ2v) is 4.97. The van der Waals surface area contributed by atoms with E-state index in [0.717, 1.165) is 17.7 Å². The van der Waals surface area contributed by atoms with Gasteiger partial charge in [0.15, 0.2) is 0 Å². The Bertz CT molecular complexity index is 524. The van der Waals surface area contributed by atoms with E-state index in [2.05, 4.69) is 6.92 Å². The molecule has 0 aliphatic rings. The van der Waals surface area contributed by atoms with E-state index >= 15 is 0 Å². The van der Waals surface area contributed by atoms with Crippen LogP contribution in [0.15, 0.2) is 54.6 Å². The van der Waals surface area contributed by atoms with Gasteiger partial charge in [0.2, 0.25) is 0 Å². The molecule has 1 atom stereocenters. The predicted octanol–water partition coefficient (Wildman–Crippen LogP) is 2.47. The number of aliphatic hydroxyl groups is 1. The summed E-state index contributed by atoms with van der Waals surface area (Å²) in [4.78, 5) is 0. The van der Waals surface area contributed by atoms with Gasteiger partial charge in [-0.2, -0.15) is 0 Å². The Hall–Kier alpha value is -1.84. The van der Waals surface area contributed by atoms with Crippen LogP contribution in [-0.4, -0.2) is 18.3 Å². The van der Waals surface area contributed by atoms with Crippen LogP contribution >= 0.6 is 0 Å². The molecular formula is C17H21NO2. The number of hydrogen-bond donors (Lipinski definition) is 2. The SMILES string of the molecule is CCc1ccc(OCC(N)(CO)c2ccccc2)cc1. The topological polar surface area (TPSA) is 55.5 Å². The molecule has 2 aromatic carbocycles. The van der Waals surface area contributed by atoms with E-state index < -0.39 is 5.54 Å². The van der Waals surface area contributed by atoms with Crippen molar-refractivity contribution in [3.63, 3.8) is 0 Å². The van der Waals surface area contributed by atoms with E-state index in [4.69, 9.17) is 10.5 Å². The number of nitrogens with two attached hydrogens (primary N) is 1. The number of hydrogen-bond acceptors (Lipinski definition) is 3. The smallest absolute Gasteiger partial charge is 0.119 e. The maximum Gasteiger partial charge on any atom is 0.119 e. The summed E-state index contributed by atoms with van der Waals surface area (Å²) in [6, 6.07) is 17.5. The van der Waals surface area contributed by atoms with Crippen LogP contribution in [0.3, 0.4) is 0 Å². The maximum atomic E-state index is 9.59. The Morgan fingerprint density at radius 2 is 1.70 bits per heavy atom. The van der Waals surface area contributed by atoms with Crippen LogP contribution in [0.25, 0.3) is 0 Å². The summed E-state index contributed by atoms with van der Waals surface area (Å²) in [5.74, 6) is 0.765. The van der Waals surface area contributed by atoms with Gasteiger partial charge < -0.3 is 15.6 Å². The van der Waals surface area contributed by atoms with Crippen LogP contribution in [0.2, 0.25) is 0 Å². The summed E-state index contributed by atoms with van der Waals surface area (Å²) >= 11 is 0. The third-order valence-electron chi connectivity index (χ3n) is 3.46.